The highest BCUT2D eigenvalue weighted by Gasteiger charge is 2.79. The lowest BCUT2D eigenvalue weighted by Gasteiger charge is -2.37. The van der Waals surface area contributed by atoms with Gasteiger partial charge >= 0.3 is 0 Å². The van der Waals surface area contributed by atoms with Gasteiger partial charge in [-0.15, -0.1) is 13.2 Å². The molecule has 4 rings (SSSR count). The minimum absolute atomic E-state index is 0.0389. The molecule has 3 fully saturated rings. The zero-order chi connectivity index (χ0) is 27.1. The van der Waals surface area contributed by atoms with Gasteiger partial charge in [-0.3, -0.25) is 14.4 Å². The summed E-state index contributed by atoms with van der Waals surface area (Å²) in [6, 6.07) is 4.38. The van der Waals surface area contributed by atoms with Gasteiger partial charge in [0.1, 0.15) is 11.6 Å². The number of ether oxygens (including phenoxy) is 1. The first-order chi connectivity index (χ1) is 17.6. The van der Waals surface area contributed by atoms with E-state index in [0.717, 1.165) is 5.56 Å². The molecule has 200 valence electrons. The molecular formula is C28H36ClN3O5. The van der Waals surface area contributed by atoms with Crippen molar-refractivity contribution in [3.63, 3.8) is 0 Å². The summed E-state index contributed by atoms with van der Waals surface area (Å²) in [5.74, 6) is -2.43. The molecule has 3 heterocycles. The maximum absolute atomic E-state index is 14.5. The largest absolute Gasteiger partial charge is 0.395 e. The molecule has 2 unspecified atom stereocenters. The zero-order valence-electron chi connectivity index (χ0n) is 21.8. The second-order valence-corrected chi connectivity index (χ2v) is 10.6. The van der Waals surface area contributed by atoms with Crippen LogP contribution < -0.4 is 4.90 Å². The van der Waals surface area contributed by atoms with Crippen LogP contribution in [0.4, 0.5) is 5.69 Å². The van der Waals surface area contributed by atoms with E-state index in [-0.39, 0.29) is 37.4 Å². The van der Waals surface area contributed by atoms with Crippen molar-refractivity contribution in [1.82, 2.24) is 9.80 Å². The number of aliphatic hydroxyl groups is 1. The van der Waals surface area contributed by atoms with E-state index in [2.05, 4.69) is 13.2 Å². The Morgan fingerprint density at radius 3 is 2.54 bits per heavy atom. The molecule has 1 aromatic rings. The Balaban J connectivity index is 1.85. The number of aryl methyl sites for hydroxylation is 1. The molecule has 37 heavy (non-hydrogen) atoms. The van der Waals surface area contributed by atoms with Crippen molar-refractivity contribution in [3.05, 3.63) is 54.1 Å². The number of para-hydroxylation sites is 1. The van der Waals surface area contributed by atoms with Gasteiger partial charge in [0.2, 0.25) is 11.8 Å². The fourth-order valence-corrected chi connectivity index (χ4v) is 7.10. The SMILES string of the molecule is C=CCN(C)C(=O)[C@H]1[C@H]2C(=O)N(CCO)C(C(=O)N(CC=C)c3c(C)cccc3Cl)C23CC[C@]1(CC)O3. The molecule has 3 saturated heterocycles. The molecule has 0 aromatic heterocycles. The lowest BCUT2D eigenvalue weighted by molar-refractivity contribution is -0.150. The lowest BCUT2D eigenvalue weighted by atomic mass is 9.64. The number of aliphatic hydroxyl groups excluding tert-OH is 1. The molecule has 8 nitrogen and oxygen atoms in total. The van der Waals surface area contributed by atoms with Gasteiger partial charge in [-0.1, -0.05) is 42.8 Å². The maximum Gasteiger partial charge on any atom is 0.253 e. The van der Waals surface area contributed by atoms with Crippen molar-refractivity contribution in [1.29, 1.82) is 0 Å². The van der Waals surface area contributed by atoms with E-state index in [9.17, 15) is 19.5 Å². The number of carbonyl (C=O) groups excluding carboxylic acids is 3. The smallest absolute Gasteiger partial charge is 0.253 e. The Kier molecular flexibility index (Phi) is 7.57. The summed E-state index contributed by atoms with van der Waals surface area (Å²) < 4.78 is 6.76. The van der Waals surface area contributed by atoms with Crippen LogP contribution in [0.3, 0.4) is 0 Å². The second-order valence-electron chi connectivity index (χ2n) is 10.2. The molecule has 0 aliphatic carbocycles. The number of hydrogen-bond donors (Lipinski definition) is 1. The average Bonchev–Trinajstić information content (AvgIpc) is 3.47. The van der Waals surface area contributed by atoms with Crippen molar-refractivity contribution < 1.29 is 24.2 Å². The molecular weight excluding hydrogens is 494 g/mol. The van der Waals surface area contributed by atoms with Crippen molar-refractivity contribution in [2.24, 2.45) is 11.8 Å². The van der Waals surface area contributed by atoms with Gasteiger partial charge in [-0.05, 0) is 37.8 Å². The highest BCUT2D eigenvalue weighted by atomic mass is 35.5. The third kappa shape index (κ3) is 4.01. The number of carbonyl (C=O) groups is 3. The van der Waals surface area contributed by atoms with E-state index in [4.69, 9.17) is 16.3 Å². The fraction of sp³-hybridized carbons (Fsp3) is 0.536. The molecule has 2 bridgehead atoms. The van der Waals surface area contributed by atoms with Crippen molar-refractivity contribution >= 4 is 35.0 Å². The molecule has 0 radical (unpaired) electrons. The molecule has 3 aliphatic heterocycles. The standard InChI is InChI=1S/C28H36ClN3O5/c1-6-14-30(5)24(34)20-21-25(35)32(16-17-33)23(28(21)13-12-27(20,8-3)37-28)26(36)31(15-7-2)22-18(4)10-9-11-19(22)29/h6-7,9-11,20-21,23,33H,1-2,8,12-17H2,3-5H3/t20-,21+,23?,27+,28?/m1/s1. The van der Waals surface area contributed by atoms with Crippen LogP contribution in [0.2, 0.25) is 5.02 Å². The predicted molar refractivity (Wildman–Crippen MR) is 142 cm³/mol. The molecule has 3 aliphatic rings. The first kappa shape index (κ1) is 27.4. The van der Waals surface area contributed by atoms with E-state index in [1.54, 1.807) is 35.1 Å². The second kappa shape index (κ2) is 10.2. The quantitative estimate of drug-likeness (QED) is 0.471. The van der Waals surface area contributed by atoms with Crippen LogP contribution in [0.1, 0.15) is 31.7 Å². The first-order valence-electron chi connectivity index (χ1n) is 12.8. The highest BCUT2D eigenvalue weighted by molar-refractivity contribution is 6.34. The van der Waals surface area contributed by atoms with Crippen molar-refractivity contribution in [2.75, 3.05) is 38.2 Å². The Hall–Kier alpha value is -2.68. The Bertz CT molecular complexity index is 1100. The van der Waals surface area contributed by atoms with Crippen LogP contribution in [-0.2, 0) is 19.1 Å². The van der Waals surface area contributed by atoms with Gasteiger partial charge in [-0.25, -0.2) is 0 Å². The number of likely N-dealkylation sites (tertiary alicyclic amines) is 1. The van der Waals surface area contributed by atoms with Crippen LogP contribution in [-0.4, -0.2) is 83.2 Å². The Morgan fingerprint density at radius 1 is 1.24 bits per heavy atom. The minimum atomic E-state index is -1.18. The minimum Gasteiger partial charge on any atom is -0.395 e. The Labute approximate surface area is 223 Å². The summed E-state index contributed by atoms with van der Waals surface area (Å²) >= 11 is 6.56. The van der Waals surface area contributed by atoms with Crippen LogP contribution in [0.25, 0.3) is 0 Å². The summed E-state index contributed by atoms with van der Waals surface area (Å²) in [6.07, 6.45) is 4.82. The molecule has 3 amide bonds. The normalized spacial score (nSPS) is 29.8. The van der Waals surface area contributed by atoms with Gasteiger partial charge in [0, 0.05) is 26.7 Å². The summed E-state index contributed by atoms with van der Waals surface area (Å²) in [5.41, 5.74) is -0.666. The van der Waals surface area contributed by atoms with Crippen LogP contribution in [0, 0.1) is 18.8 Å². The van der Waals surface area contributed by atoms with Crippen LogP contribution in [0.15, 0.2) is 43.5 Å². The zero-order valence-corrected chi connectivity index (χ0v) is 22.5. The van der Waals surface area contributed by atoms with E-state index in [1.165, 1.54) is 4.90 Å². The van der Waals surface area contributed by atoms with Crippen LogP contribution >= 0.6 is 11.6 Å². The van der Waals surface area contributed by atoms with E-state index in [0.29, 0.717) is 36.5 Å². The maximum atomic E-state index is 14.5. The summed E-state index contributed by atoms with van der Waals surface area (Å²) in [6.45, 7) is 11.5. The summed E-state index contributed by atoms with van der Waals surface area (Å²) in [4.78, 5) is 46.7. The van der Waals surface area contributed by atoms with Gasteiger partial charge in [0.15, 0.2) is 0 Å². The number of benzene rings is 1. The molecule has 1 aromatic carbocycles. The molecule has 5 atom stereocenters. The van der Waals surface area contributed by atoms with E-state index < -0.39 is 29.1 Å². The number of halogens is 1. The topological polar surface area (TPSA) is 90.4 Å². The first-order valence-corrected chi connectivity index (χ1v) is 13.2. The van der Waals surface area contributed by atoms with Gasteiger partial charge in [0.25, 0.3) is 5.91 Å². The highest BCUT2D eigenvalue weighted by Crippen LogP contribution is 2.64. The molecule has 0 saturated carbocycles. The number of amides is 3. The monoisotopic (exact) mass is 529 g/mol. The average molecular weight is 530 g/mol. The third-order valence-electron chi connectivity index (χ3n) is 8.34. The third-order valence-corrected chi connectivity index (χ3v) is 8.64. The Morgan fingerprint density at radius 2 is 1.95 bits per heavy atom. The van der Waals surface area contributed by atoms with Gasteiger partial charge in [0.05, 0.1) is 34.8 Å². The van der Waals surface area contributed by atoms with E-state index >= 15 is 0 Å². The van der Waals surface area contributed by atoms with E-state index in [1.807, 2.05) is 26.0 Å². The predicted octanol–water partition coefficient (Wildman–Crippen LogP) is 2.96. The summed E-state index contributed by atoms with van der Waals surface area (Å²) in [5, 5.41) is 10.3. The summed E-state index contributed by atoms with van der Waals surface area (Å²) in [7, 11) is 1.69. The van der Waals surface area contributed by atoms with Crippen molar-refractivity contribution in [2.45, 2.75) is 50.4 Å². The molecule has 1 spiro atoms. The van der Waals surface area contributed by atoms with Crippen molar-refractivity contribution in [3.8, 4) is 0 Å². The number of nitrogens with zero attached hydrogens (tertiary/aromatic N) is 3. The number of anilines is 1. The number of β-amino-alcohol motifs (C(OH)–C–C–N with tert-alkyl or cyclic N) is 1. The number of rotatable bonds is 10. The molecule has 9 heteroatoms. The van der Waals surface area contributed by atoms with Gasteiger partial charge < -0.3 is 24.5 Å². The number of fused-ring (bicyclic) bond motifs is 1. The molecule has 1 N–H and O–H groups in total. The van der Waals surface area contributed by atoms with Crippen LogP contribution in [0.5, 0.6) is 0 Å². The fourth-order valence-electron chi connectivity index (χ4n) is 6.78. The number of likely N-dealkylation sites (N-methyl/N-ethyl adjacent to an activating group) is 1. The van der Waals surface area contributed by atoms with Gasteiger partial charge in [-0.2, -0.15) is 0 Å². The number of hydrogen-bond acceptors (Lipinski definition) is 5. The lowest BCUT2D eigenvalue weighted by Crippen LogP contribution is -2.57.